The lowest BCUT2D eigenvalue weighted by Crippen LogP contribution is -2.35. The number of rotatable bonds is 4. The van der Waals surface area contributed by atoms with Crippen molar-refractivity contribution in [3.8, 4) is 5.88 Å². The van der Waals surface area contributed by atoms with Crippen LogP contribution in [0, 0.1) is 18.3 Å². The zero-order valence-electron chi connectivity index (χ0n) is 20.5. The Morgan fingerprint density at radius 3 is 2.13 bits per heavy atom. The summed E-state index contributed by atoms with van der Waals surface area (Å²) in [6.45, 7) is 4.14. The third-order valence-corrected chi connectivity index (χ3v) is 6.12. The van der Waals surface area contributed by atoms with Crippen LogP contribution in [0.25, 0.3) is 0 Å². The molecule has 1 aliphatic heterocycles. The van der Waals surface area contributed by atoms with Gasteiger partial charge in [0.25, 0.3) is 5.91 Å². The van der Waals surface area contributed by atoms with Gasteiger partial charge >= 0.3 is 24.3 Å². The molecule has 2 aromatic heterocycles. The van der Waals surface area contributed by atoms with Gasteiger partial charge in [-0.15, -0.1) is 0 Å². The van der Waals surface area contributed by atoms with Crippen molar-refractivity contribution in [3.63, 3.8) is 0 Å². The van der Waals surface area contributed by atoms with Crippen LogP contribution >= 0.6 is 0 Å². The molecule has 0 aromatic carbocycles. The number of aromatic nitrogens is 2. The molecule has 2 N–H and O–H groups in total. The number of carboxylic acids is 2. The summed E-state index contributed by atoms with van der Waals surface area (Å²) in [4.78, 5) is 41.1. The van der Waals surface area contributed by atoms with Gasteiger partial charge in [0.05, 0.1) is 12.2 Å². The number of carboxylic acid groups (broad SMARTS) is 2. The lowest BCUT2D eigenvalue weighted by atomic mass is 9.81. The highest BCUT2D eigenvalue weighted by Gasteiger charge is 2.51. The van der Waals surface area contributed by atoms with Crippen LogP contribution in [0.2, 0.25) is 0 Å². The summed E-state index contributed by atoms with van der Waals surface area (Å²) in [6, 6.07) is 9.46. The van der Waals surface area contributed by atoms with Crippen molar-refractivity contribution in [1.82, 2.24) is 14.9 Å². The molecule has 2 aromatic rings. The van der Waals surface area contributed by atoms with Gasteiger partial charge in [-0.1, -0.05) is 12.5 Å². The Balaban J connectivity index is 0.000000317. The van der Waals surface area contributed by atoms with Gasteiger partial charge in [0.1, 0.15) is 0 Å². The summed E-state index contributed by atoms with van der Waals surface area (Å²) < 4.78 is 69.5. The van der Waals surface area contributed by atoms with Gasteiger partial charge in [-0.05, 0) is 43.9 Å². The van der Waals surface area contributed by atoms with Crippen molar-refractivity contribution in [2.45, 2.75) is 38.5 Å². The molecule has 0 radical (unpaired) electrons. The molecule has 39 heavy (non-hydrogen) atoms. The maximum atomic E-state index is 12.8. The molecule has 3 heterocycles. The lowest BCUT2D eigenvalue weighted by Gasteiger charge is -2.28. The summed E-state index contributed by atoms with van der Waals surface area (Å²) >= 11 is 0. The number of ether oxygens (including phenoxy) is 1. The molecule has 9 nitrogen and oxygen atoms in total. The molecule has 2 atom stereocenters. The van der Waals surface area contributed by atoms with Crippen LogP contribution in [0.5, 0.6) is 5.88 Å². The van der Waals surface area contributed by atoms with E-state index < -0.39 is 24.3 Å². The largest absolute Gasteiger partial charge is 0.490 e. The molecule has 1 aliphatic carbocycles. The Hall–Kier alpha value is -3.91. The smallest absolute Gasteiger partial charge is 0.477 e. The van der Waals surface area contributed by atoms with Crippen LogP contribution in [-0.4, -0.2) is 75.0 Å². The van der Waals surface area contributed by atoms with Crippen molar-refractivity contribution in [2.24, 2.45) is 11.3 Å². The minimum absolute atomic E-state index is 0.0608. The fourth-order valence-electron chi connectivity index (χ4n) is 4.23. The van der Waals surface area contributed by atoms with E-state index >= 15 is 0 Å². The number of hydrogen-bond acceptors (Lipinski definition) is 6. The minimum atomic E-state index is -5.08. The van der Waals surface area contributed by atoms with E-state index in [1.54, 1.807) is 12.4 Å². The molecule has 0 unspecified atom stereocenters. The van der Waals surface area contributed by atoms with E-state index in [9.17, 15) is 31.1 Å². The van der Waals surface area contributed by atoms with E-state index in [4.69, 9.17) is 24.5 Å². The molecule has 4 rings (SSSR count). The number of carbonyl (C=O) groups excluding carboxylic acids is 1. The first-order valence-electron chi connectivity index (χ1n) is 11.4. The van der Waals surface area contributed by atoms with E-state index in [1.165, 1.54) is 12.8 Å². The van der Waals surface area contributed by atoms with Crippen LogP contribution in [0.15, 0.2) is 42.7 Å². The van der Waals surface area contributed by atoms with Gasteiger partial charge in [-0.3, -0.25) is 9.78 Å². The first kappa shape index (κ1) is 31.3. The quantitative estimate of drug-likeness (QED) is 0.523. The highest BCUT2D eigenvalue weighted by molar-refractivity contribution is 5.94. The Labute approximate surface area is 218 Å². The summed E-state index contributed by atoms with van der Waals surface area (Å²) in [5.74, 6) is -4.26. The second-order valence-corrected chi connectivity index (χ2v) is 8.89. The monoisotopic (exact) mass is 565 g/mol. The third-order valence-electron chi connectivity index (χ3n) is 6.12. The topological polar surface area (TPSA) is 130 Å². The van der Waals surface area contributed by atoms with Crippen molar-refractivity contribution in [3.05, 3.63) is 54.0 Å². The molecular formula is C24H25F6N3O6. The number of aliphatic carboxylic acids is 2. The number of pyridine rings is 2. The Morgan fingerprint density at radius 1 is 1.03 bits per heavy atom. The van der Waals surface area contributed by atoms with E-state index in [1.807, 2.05) is 42.2 Å². The SMILES string of the molecule is Cc1ccc(C(=O)N2C[C@H]3CCC[C@@]3(COc3ccccn3)C2)cn1.O=C(O)C(F)(F)F.O=C(O)C(F)(F)F. The molecule has 2 fully saturated rings. The van der Waals surface area contributed by atoms with Crippen molar-refractivity contribution in [2.75, 3.05) is 19.7 Å². The Morgan fingerprint density at radius 2 is 1.64 bits per heavy atom. The molecule has 15 heteroatoms. The van der Waals surface area contributed by atoms with Crippen molar-refractivity contribution >= 4 is 17.8 Å². The molecule has 1 amide bonds. The Kier molecular flexibility index (Phi) is 10.2. The van der Waals surface area contributed by atoms with Crippen LogP contribution in [0.3, 0.4) is 0 Å². The number of alkyl halides is 6. The summed E-state index contributed by atoms with van der Waals surface area (Å²) in [5.41, 5.74) is 1.66. The first-order valence-corrected chi connectivity index (χ1v) is 11.4. The number of aryl methyl sites for hydroxylation is 1. The number of nitrogens with zero attached hydrogens (tertiary/aromatic N) is 3. The first-order chi connectivity index (χ1) is 18.0. The standard InChI is InChI=1S/C20H23N3O2.2C2HF3O2/c1-15-7-8-16(11-22-15)19(24)23-12-17-5-4-9-20(17,13-23)14-25-18-6-2-3-10-21-18;2*3-2(4,5)1(6)7/h2-3,6-8,10-11,17H,4-5,9,12-14H2,1H3;2*(H,6,7)/t17-,20+;;/m1../s1. The van der Waals surface area contributed by atoms with E-state index in [-0.39, 0.29) is 11.3 Å². The van der Waals surface area contributed by atoms with Crippen molar-refractivity contribution < 1.29 is 55.7 Å². The zero-order chi connectivity index (χ0) is 29.4. The fraction of sp³-hybridized carbons (Fsp3) is 0.458. The lowest BCUT2D eigenvalue weighted by molar-refractivity contribution is -0.193. The average molecular weight is 565 g/mol. The molecule has 1 saturated heterocycles. The predicted octanol–water partition coefficient (Wildman–Crippen LogP) is 4.37. The summed E-state index contributed by atoms with van der Waals surface area (Å²) in [7, 11) is 0. The maximum absolute atomic E-state index is 12.8. The third kappa shape index (κ3) is 9.11. The molecule has 1 saturated carbocycles. The second kappa shape index (κ2) is 12.8. The number of fused-ring (bicyclic) bond motifs is 1. The average Bonchev–Trinajstić information content (AvgIpc) is 3.41. The number of hydrogen-bond donors (Lipinski definition) is 2. The van der Waals surface area contributed by atoms with Crippen LogP contribution in [0.1, 0.15) is 35.3 Å². The minimum Gasteiger partial charge on any atom is -0.477 e. The fourth-order valence-corrected chi connectivity index (χ4v) is 4.23. The highest BCUT2D eigenvalue weighted by atomic mass is 19.4. The molecule has 0 spiro atoms. The van der Waals surface area contributed by atoms with Gasteiger partial charge in [0.15, 0.2) is 0 Å². The molecular weight excluding hydrogens is 540 g/mol. The molecule has 0 bridgehead atoms. The summed E-state index contributed by atoms with van der Waals surface area (Å²) in [6.07, 6.45) is -3.25. The number of amides is 1. The number of likely N-dealkylation sites (tertiary alicyclic amines) is 1. The highest BCUT2D eigenvalue weighted by Crippen LogP contribution is 2.49. The molecule has 214 valence electrons. The number of halogens is 6. The van der Waals surface area contributed by atoms with Crippen LogP contribution < -0.4 is 4.74 Å². The van der Waals surface area contributed by atoms with E-state index in [0.29, 0.717) is 24.0 Å². The molecule has 2 aliphatic rings. The van der Waals surface area contributed by atoms with E-state index in [2.05, 4.69) is 9.97 Å². The van der Waals surface area contributed by atoms with Crippen LogP contribution in [0.4, 0.5) is 26.3 Å². The van der Waals surface area contributed by atoms with Gasteiger partial charge in [-0.25, -0.2) is 14.6 Å². The van der Waals surface area contributed by atoms with Crippen LogP contribution in [-0.2, 0) is 9.59 Å². The van der Waals surface area contributed by atoms with Crippen molar-refractivity contribution in [1.29, 1.82) is 0 Å². The number of carbonyl (C=O) groups is 3. The zero-order valence-corrected chi connectivity index (χ0v) is 20.5. The van der Waals surface area contributed by atoms with E-state index in [0.717, 1.165) is 25.2 Å². The predicted molar refractivity (Wildman–Crippen MR) is 122 cm³/mol. The van der Waals surface area contributed by atoms with Gasteiger partial charge in [0.2, 0.25) is 5.88 Å². The second-order valence-electron chi connectivity index (χ2n) is 8.89. The van der Waals surface area contributed by atoms with Gasteiger partial charge in [0, 0.05) is 42.7 Å². The maximum Gasteiger partial charge on any atom is 0.490 e. The summed E-state index contributed by atoms with van der Waals surface area (Å²) in [5, 5.41) is 14.2. The van der Waals surface area contributed by atoms with Gasteiger partial charge in [-0.2, -0.15) is 26.3 Å². The Bertz CT molecular complexity index is 1100. The van der Waals surface area contributed by atoms with Gasteiger partial charge < -0.3 is 19.8 Å². The normalized spacial score (nSPS) is 20.1.